The average molecular weight is 513 g/mol. The van der Waals surface area contributed by atoms with Crippen LogP contribution in [0.2, 0.25) is 0 Å². The molecule has 0 aromatic heterocycles. The van der Waals surface area contributed by atoms with Crippen molar-refractivity contribution in [3.05, 3.63) is 143 Å². The highest BCUT2D eigenvalue weighted by atomic mass is 19.1. The first kappa shape index (κ1) is 26.2. The van der Waals surface area contributed by atoms with Gasteiger partial charge < -0.3 is 9.64 Å². The highest BCUT2D eigenvalue weighted by Gasteiger charge is 2.26. The maximum Gasteiger partial charge on any atom is 0.123 e. The van der Waals surface area contributed by atoms with Crippen molar-refractivity contribution in [1.29, 1.82) is 0 Å². The van der Waals surface area contributed by atoms with Crippen molar-refractivity contribution in [2.45, 2.75) is 18.6 Å². The summed E-state index contributed by atoms with van der Waals surface area (Å²) >= 11 is 0. The predicted molar refractivity (Wildman–Crippen MR) is 148 cm³/mol. The van der Waals surface area contributed by atoms with Crippen LogP contribution in [0.4, 0.5) is 8.78 Å². The van der Waals surface area contributed by atoms with Crippen LogP contribution in [0.25, 0.3) is 0 Å². The molecule has 0 radical (unpaired) electrons. The van der Waals surface area contributed by atoms with Crippen molar-refractivity contribution in [2.24, 2.45) is 0 Å². The summed E-state index contributed by atoms with van der Waals surface area (Å²) in [6, 6.07) is 34.1. The van der Waals surface area contributed by atoms with E-state index < -0.39 is 0 Å². The summed E-state index contributed by atoms with van der Waals surface area (Å²) in [4.78, 5) is 4.89. The Morgan fingerprint density at radius 1 is 0.579 bits per heavy atom. The molecule has 0 N–H and O–H groups in total. The van der Waals surface area contributed by atoms with Crippen molar-refractivity contribution in [2.75, 3.05) is 39.3 Å². The van der Waals surface area contributed by atoms with Crippen LogP contribution in [0.15, 0.2) is 109 Å². The molecule has 1 fully saturated rings. The minimum atomic E-state index is -0.250. The summed E-state index contributed by atoms with van der Waals surface area (Å²) in [7, 11) is 0. The van der Waals surface area contributed by atoms with Gasteiger partial charge in [0.2, 0.25) is 0 Å². The van der Waals surface area contributed by atoms with E-state index in [-0.39, 0.29) is 23.8 Å². The molecule has 1 saturated heterocycles. The number of ether oxygens (including phenoxy) is 1. The van der Waals surface area contributed by atoms with Crippen LogP contribution in [-0.4, -0.2) is 49.1 Å². The van der Waals surface area contributed by atoms with Gasteiger partial charge in [-0.2, -0.15) is 0 Å². The second kappa shape index (κ2) is 12.9. The van der Waals surface area contributed by atoms with Crippen molar-refractivity contribution < 1.29 is 13.5 Å². The summed E-state index contributed by atoms with van der Waals surface area (Å²) in [6.45, 7) is 5.32. The molecule has 0 bridgehead atoms. The first-order valence-electron chi connectivity index (χ1n) is 13.4. The number of benzene rings is 4. The molecule has 5 heteroatoms. The van der Waals surface area contributed by atoms with Gasteiger partial charge in [0.25, 0.3) is 0 Å². The third-order valence-corrected chi connectivity index (χ3v) is 7.25. The normalized spacial score (nSPS) is 14.8. The Morgan fingerprint density at radius 3 is 1.53 bits per heavy atom. The number of nitrogens with zero attached hydrogens (tertiary/aromatic N) is 2. The average Bonchev–Trinajstić information content (AvgIpc) is 2.97. The van der Waals surface area contributed by atoms with Gasteiger partial charge in [0, 0.05) is 39.3 Å². The van der Waals surface area contributed by atoms with E-state index in [2.05, 4.69) is 58.3 Å². The highest BCUT2D eigenvalue weighted by molar-refractivity contribution is 5.33. The largest absolute Gasteiger partial charge is 0.369 e. The van der Waals surface area contributed by atoms with Crippen LogP contribution in [0.1, 0.15) is 40.8 Å². The summed E-state index contributed by atoms with van der Waals surface area (Å²) in [5.74, 6) is -0.499. The Balaban J connectivity index is 1.16. The summed E-state index contributed by atoms with van der Waals surface area (Å²) in [5.41, 5.74) is 4.38. The molecule has 196 valence electrons. The molecular weight excluding hydrogens is 478 g/mol. The number of hydrogen-bond acceptors (Lipinski definition) is 3. The molecule has 38 heavy (non-hydrogen) atoms. The fourth-order valence-corrected chi connectivity index (χ4v) is 5.28. The van der Waals surface area contributed by atoms with Gasteiger partial charge in [-0.25, -0.2) is 8.78 Å². The Hall–Kier alpha value is -3.38. The SMILES string of the molecule is Fc1ccc(C(c2ccc(F)cc2)N2CCN(CCCOC(c3ccccc3)c3ccccc3)CC2)cc1. The number of piperazine rings is 1. The second-order valence-corrected chi connectivity index (χ2v) is 9.81. The molecule has 1 heterocycles. The standard InChI is InChI=1S/C33H34F2N2O/c34-30-16-12-26(13-17-30)32(27-14-18-31(35)19-15-27)37-23-21-36(22-24-37)20-7-25-38-33(28-8-3-1-4-9-28)29-10-5-2-6-11-29/h1-6,8-19,32-33H,7,20-25H2. The summed E-state index contributed by atoms with van der Waals surface area (Å²) in [6.07, 6.45) is 0.886. The zero-order valence-electron chi connectivity index (χ0n) is 21.6. The van der Waals surface area contributed by atoms with Crippen LogP contribution in [0.5, 0.6) is 0 Å². The van der Waals surface area contributed by atoms with Crippen LogP contribution in [-0.2, 0) is 4.74 Å². The van der Waals surface area contributed by atoms with Gasteiger partial charge >= 0.3 is 0 Å². The molecule has 0 amide bonds. The topological polar surface area (TPSA) is 15.7 Å². The molecule has 3 nitrogen and oxygen atoms in total. The molecule has 0 saturated carbocycles. The van der Waals surface area contributed by atoms with Crippen LogP contribution in [0.3, 0.4) is 0 Å². The molecule has 0 atom stereocenters. The lowest BCUT2D eigenvalue weighted by atomic mass is 9.96. The third-order valence-electron chi connectivity index (χ3n) is 7.25. The molecule has 1 aliphatic rings. The monoisotopic (exact) mass is 512 g/mol. The predicted octanol–water partition coefficient (Wildman–Crippen LogP) is 6.87. The van der Waals surface area contributed by atoms with Gasteiger partial charge in [-0.05, 0) is 52.9 Å². The van der Waals surface area contributed by atoms with Gasteiger partial charge in [0.15, 0.2) is 0 Å². The number of hydrogen-bond donors (Lipinski definition) is 0. The Labute approximate surface area is 224 Å². The van der Waals surface area contributed by atoms with Crippen LogP contribution >= 0.6 is 0 Å². The van der Waals surface area contributed by atoms with Gasteiger partial charge in [-0.15, -0.1) is 0 Å². The molecule has 5 rings (SSSR count). The lowest BCUT2D eigenvalue weighted by Crippen LogP contribution is -2.48. The van der Waals surface area contributed by atoms with E-state index in [1.165, 1.54) is 35.4 Å². The summed E-state index contributed by atoms with van der Waals surface area (Å²) in [5, 5.41) is 0. The second-order valence-electron chi connectivity index (χ2n) is 9.81. The highest BCUT2D eigenvalue weighted by Crippen LogP contribution is 2.30. The van der Waals surface area contributed by atoms with E-state index in [4.69, 9.17) is 4.74 Å². The molecule has 0 unspecified atom stereocenters. The third kappa shape index (κ3) is 6.73. The molecular formula is C33H34F2N2O. The smallest absolute Gasteiger partial charge is 0.123 e. The van der Waals surface area contributed by atoms with Gasteiger partial charge in [-0.1, -0.05) is 84.9 Å². The lowest BCUT2D eigenvalue weighted by molar-refractivity contribution is 0.0612. The Kier molecular flexibility index (Phi) is 8.92. The minimum Gasteiger partial charge on any atom is -0.369 e. The van der Waals surface area contributed by atoms with E-state index in [1.807, 2.05) is 36.4 Å². The minimum absolute atomic E-state index is 0.0285. The van der Waals surface area contributed by atoms with Gasteiger partial charge in [-0.3, -0.25) is 4.90 Å². The van der Waals surface area contributed by atoms with E-state index in [0.717, 1.165) is 50.3 Å². The van der Waals surface area contributed by atoms with Gasteiger partial charge in [0.05, 0.1) is 6.04 Å². The van der Waals surface area contributed by atoms with Crippen molar-refractivity contribution in [1.82, 2.24) is 9.80 Å². The first-order chi connectivity index (χ1) is 18.7. The number of halogens is 2. The molecule has 0 spiro atoms. The quantitative estimate of drug-likeness (QED) is 0.216. The van der Waals surface area contributed by atoms with Crippen molar-refractivity contribution in [3.8, 4) is 0 Å². The maximum atomic E-state index is 13.6. The van der Waals surface area contributed by atoms with E-state index in [0.29, 0.717) is 6.61 Å². The van der Waals surface area contributed by atoms with E-state index in [9.17, 15) is 8.78 Å². The molecule has 0 aliphatic carbocycles. The van der Waals surface area contributed by atoms with Crippen molar-refractivity contribution >= 4 is 0 Å². The zero-order chi connectivity index (χ0) is 26.2. The molecule has 4 aromatic carbocycles. The number of rotatable bonds is 10. The fourth-order valence-electron chi connectivity index (χ4n) is 5.28. The first-order valence-corrected chi connectivity index (χ1v) is 13.4. The summed E-state index contributed by atoms with van der Waals surface area (Å²) < 4.78 is 33.6. The lowest BCUT2D eigenvalue weighted by Gasteiger charge is -2.40. The van der Waals surface area contributed by atoms with E-state index in [1.54, 1.807) is 0 Å². The van der Waals surface area contributed by atoms with Crippen LogP contribution in [0, 0.1) is 11.6 Å². The van der Waals surface area contributed by atoms with Gasteiger partial charge in [0.1, 0.15) is 17.7 Å². The Morgan fingerprint density at radius 2 is 1.05 bits per heavy atom. The van der Waals surface area contributed by atoms with E-state index >= 15 is 0 Å². The molecule has 1 aliphatic heterocycles. The van der Waals surface area contributed by atoms with Crippen molar-refractivity contribution in [3.63, 3.8) is 0 Å². The van der Waals surface area contributed by atoms with Crippen LogP contribution < -0.4 is 0 Å². The Bertz CT molecular complexity index is 1160. The molecule has 4 aromatic rings. The fraction of sp³-hybridized carbons (Fsp3) is 0.273. The maximum absolute atomic E-state index is 13.6. The zero-order valence-corrected chi connectivity index (χ0v) is 21.6.